The third kappa shape index (κ3) is 4.49. The summed E-state index contributed by atoms with van der Waals surface area (Å²) in [6, 6.07) is 15.2. The van der Waals surface area contributed by atoms with Gasteiger partial charge in [-0.1, -0.05) is 41.9 Å². The highest BCUT2D eigenvalue weighted by Crippen LogP contribution is 2.24. The van der Waals surface area contributed by atoms with Crippen molar-refractivity contribution in [1.29, 1.82) is 0 Å². The molecule has 32 heavy (non-hydrogen) atoms. The minimum atomic E-state index is -0.665. The second kappa shape index (κ2) is 8.98. The van der Waals surface area contributed by atoms with Gasteiger partial charge in [-0.15, -0.1) is 10.2 Å². The largest absolute Gasteiger partial charge is 0.452 e. The number of rotatable bonds is 7. The first kappa shape index (κ1) is 21.2. The zero-order chi connectivity index (χ0) is 22.7. The fourth-order valence-corrected chi connectivity index (χ4v) is 3.31. The summed E-state index contributed by atoms with van der Waals surface area (Å²) in [6.07, 6.45) is 0. The number of nitro benzene ring substituents is 1. The lowest BCUT2D eigenvalue weighted by molar-refractivity contribution is -0.384. The monoisotopic (exact) mass is 453 g/mol. The van der Waals surface area contributed by atoms with Gasteiger partial charge >= 0.3 is 5.97 Å². The summed E-state index contributed by atoms with van der Waals surface area (Å²) in [5, 5.41) is 23.0. The maximum Gasteiger partial charge on any atom is 0.343 e. The molecule has 10 nitrogen and oxygen atoms in total. The molecule has 4 aromatic rings. The molecule has 0 fully saturated rings. The number of aryl methyl sites for hydroxylation is 1. The lowest BCUT2D eigenvalue weighted by Gasteiger charge is -2.04. The Morgan fingerprint density at radius 2 is 1.88 bits per heavy atom. The molecule has 2 heterocycles. The Balaban J connectivity index is 1.43. The van der Waals surface area contributed by atoms with Crippen LogP contribution in [0, 0.1) is 17.0 Å². The molecule has 0 aliphatic heterocycles. The zero-order valence-corrected chi connectivity index (χ0v) is 17.5. The molecule has 2 aromatic carbocycles. The van der Waals surface area contributed by atoms with Crippen molar-refractivity contribution >= 4 is 23.3 Å². The van der Waals surface area contributed by atoms with Crippen molar-refractivity contribution in [3.05, 3.63) is 92.6 Å². The van der Waals surface area contributed by atoms with Gasteiger partial charge in [0, 0.05) is 17.7 Å². The highest BCUT2D eigenvalue weighted by Gasteiger charge is 2.23. The first-order chi connectivity index (χ1) is 15.4. The fraction of sp³-hybridized carbons (Fsp3) is 0.143. The third-order valence-corrected chi connectivity index (χ3v) is 4.95. The summed E-state index contributed by atoms with van der Waals surface area (Å²) < 4.78 is 12.3. The average molecular weight is 454 g/mol. The SMILES string of the molecule is Cc1nn(Cc2ccccc2)c(Cl)c1C(=O)OCc1nnc(-c2ccc([N+](=O)[O-])cc2)o1. The van der Waals surface area contributed by atoms with Crippen molar-refractivity contribution < 1.29 is 18.9 Å². The van der Waals surface area contributed by atoms with Crippen LogP contribution in [0.25, 0.3) is 11.5 Å². The molecule has 0 atom stereocenters. The standard InChI is InChI=1S/C21H16ClN5O5/c1-13-18(19(22)26(25-13)11-14-5-3-2-4-6-14)21(28)31-12-17-23-24-20(32-17)15-7-9-16(10-8-15)27(29)30/h2-10H,11-12H2,1H3. The number of benzene rings is 2. The van der Waals surface area contributed by atoms with Crippen LogP contribution in [0.1, 0.15) is 27.5 Å². The van der Waals surface area contributed by atoms with Crippen molar-refractivity contribution in [3.63, 3.8) is 0 Å². The Labute approximate surface area is 186 Å². The molecular weight excluding hydrogens is 438 g/mol. The highest BCUT2D eigenvalue weighted by atomic mass is 35.5. The van der Waals surface area contributed by atoms with E-state index in [4.69, 9.17) is 20.8 Å². The van der Waals surface area contributed by atoms with Crippen molar-refractivity contribution in [1.82, 2.24) is 20.0 Å². The molecule has 0 amide bonds. The number of esters is 1. The molecule has 0 aliphatic rings. The van der Waals surface area contributed by atoms with Crippen molar-refractivity contribution in [2.24, 2.45) is 0 Å². The normalized spacial score (nSPS) is 10.8. The van der Waals surface area contributed by atoms with E-state index in [9.17, 15) is 14.9 Å². The Morgan fingerprint density at radius 3 is 2.56 bits per heavy atom. The van der Waals surface area contributed by atoms with E-state index in [1.54, 1.807) is 6.92 Å². The van der Waals surface area contributed by atoms with Crippen LogP contribution in [0.3, 0.4) is 0 Å². The van der Waals surface area contributed by atoms with Crippen LogP contribution in [0.2, 0.25) is 5.15 Å². The summed E-state index contributed by atoms with van der Waals surface area (Å²) in [5.41, 5.74) is 2.04. The maximum atomic E-state index is 12.6. The third-order valence-electron chi connectivity index (χ3n) is 4.56. The van der Waals surface area contributed by atoms with Crippen LogP contribution < -0.4 is 0 Å². The maximum absolute atomic E-state index is 12.6. The molecular formula is C21H16ClN5O5. The number of nitrogens with zero attached hydrogens (tertiary/aromatic N) is 5. The van der Waals surface area contributed by atoms with E-state index in [1.807, 2.05) is 30.3 Å². The van der Waals surface area contributed by atoms with Crippen LogP contribution in [-0.4, -0.2) is 30.9 Å². The van der Waals surface area contributed by atoms with E-state index in [0.29, 0.717) is 17.8 Å². The summed E-state index contributed by atoms with van der Waals surface area (Å²) in [4.78, 5) is 22.8. The number of aromatic nitrogens is 4. The van der Waals surface area contributed by atoms with Crippen LogP contribution in [0.4, 0.5) is 5.69 Å². The number of carbonyl (C=O) groups excluding carboxylic acids is 1. The highest BCUT2D eigenvalue weighted by molar-refractivity contribution is 6.32. The molecule has 0 aliphatic carbocycles. The van der Waals surface area contributed by atoms with Crippen LogP contribution in [0.5, 0.6) is 0 Å². The molecule has 0 N–H and O–H groups in total. The lowest BCUT2D eigenvalue weighted by Crippen LogP contribution is -2.07. The first-order valence-corrected chi connectivity index (χ1v) is 9.81. The van der Waals surface area contributed by atoms with Gasteiger partial charge in [0.1, 0.15) is 10.7 Å². The predicted molar refractivity (Wildman–Crippen MR) is 113 cm³/mol. The fourth-order valence-electron chi connectivity index (χ4n) is 3.00. The molecule has 0 saturated carbocycles. The molecule has 0 bridgehead atoms. The second-order valence-corrected chi connectivity index (χ2v) is 7.13. The smallest absolute Gasteiger partial charge is 0.343 e. The minimum absolute atomic E-state index is 0.0533. The minimum Gasteiger partial charge on any atom is -0.452 e. The molecule has 0 spiro atoms. The van der Waals surface area contributed by atoms with Gasteiger partial charge in [-0.3, -0.25) is 10.1 Å². The summed E-state index contributed by atoms with van der Waals surface area (Å²) in [7, 11) is 0. The number of nitro groups is 1. The van der Waals surface area contributed by atoms with E-state index >= 15 is 0 Å². The lowest BCUT2D eigenvalue weighted by atomic mass is 10.2. The van der Waals surface area contributed by atoms with Gasteiger partial charge in [0.2, 0.25) is 5.89 Å². The molecule has 0 saturated heterocycles. The topological polar surface area (TPSA) is 126 Å². The van der Waals surface area contributed by atoms with Crippen LogP contribution in [-0.2, 0) is 17.9 Å². The van der Waals surface area contributed by atoms with Gasteiger partial charge in [-0.05, 0) is 24.6 Å². The Kier molecular flexibility index (Phi) is 5.95. The van der Waals surface area contributed by atoms with E-state index in [-0.39, 0.29) is 34.8 Å². The van der Waals surface area contributed by atoms with Gasteiger partial charge in [0.25, 0.3) is 11.6 Å². The van der Waals surface area contributed by atoms with Gasteiger partial charge in [0.15, 0.2) is 6.61 Å². The zero-order valence-electron chi connectivity index (χ0n) is 16.8. The summed E-state index contributed by atoms with van der Waals surface area (Å²) in [5.74, 6) is -0.449. The molecule has 0 radical (unpaired) electrons. The summed E-state index contributed by atoms with van der Waals surface area (Å²) >= 11 is 6.38. The van der Waals surface area contributed by atoms with Crippen LogP contribution >= 0.6 is 11.6 Å². The van der Waals surface area contributed by atoms with Gasteiger partial charge in [0.05, 0.1) is 17.2 Å². The summed E-state index contributed by atoms with van der Waals surface area (Å²) in [6.45, 7) is 1.82. The second-order valence-electron chi connectivity index (χ2n) is 6.78. The van der Waals surface area contributed by atoms with E-state index in [0.717, 1.165) is 5.56 Å². The van der Waals surface area contributed by atoms with E-state index in [1.165, 1.54) is 28.9 Å². The van der Waals surface area contributed by atoms with Gasteiger partial charge < -0.3 is 9.15 Å². The van der Waals surface area contributed by atoms with Crippen molar-refractivity contribution in [2.75, 3.05) is 0 Å². The Bertz CT molecular complexity index is 1270. The van der Waals surface area contributed by atoms with Gasteiger partial charge in [-0.2, -0.15) is 5.10 Å². The molecule has 4 rings (SSSR count). The molecule has 11 heteroatoms. The predicted octanol–water partition coefficient (Wildman–Crippen LogP) is 4.21. The molecule has 2 aromatic heterocycles. The number of carbonyl (C=O) groups is 1. The van der Waals surface area contributed by atoms with Crippen LogP contribution in [0.15, 0.2) is 59.0 Å². The van der Waals surface area contributed by atoms with E-state index in [2.05, 4.69) is 15.3 Å². The number of hydrogen-bond donors (Lipinski definition) is 0. The van der Waals surface area contributed by atoms with Crippen molar-refractivity contribution in [3.8, 4) is 11.5 Å². The molecule has 0 unspecified atom stereocenters. The average Bonchev–Trinajstić information content (AvgIpc) is 3.37. The number of ether oxygens (including phenoxy) is 1. The van der Waals surface area contributed by atoms with E-state index < -0.39 is 10.9 Å². The number of halogens is 1. The Hall–Kier alpha value is -4.05. The Morgan fingerprint density at radius 1 is 1.16 bits per heavy atom. The molecule has 162 valence electrons. The van der Waals surface area contributed by atoms with Gasteiger partial charge in [-0.25, -0.2) is 9.48 Å². The number of non-ortho nitro benzene ring substituents is 1. The van der Waals surface area contributed by atoms with Crippen molar-refractivity contribution in [2.45, 2.75) is 20.1 Å². The first-order valence-electron chi connectivity index (χ1n) is 9.43. The quantitative estimate of drug-likeness (QED) is 0.231. The number of hydrogen-bond acceptors (Lipinski definition) is 8.